The van der Waals surface area contributed by atoms with Gasteiger partial charge in [0.1, 0.15) is 11.5 Å². The lowest BCUT2D eigenvalue weighted by atomic mass is 10.2. The van der Waals surface area contributed by atoms with Crippen molar-refractivity contribution in [1.82, 2.24) is 9.97 Å². The molecule has 0 bridgehead atoms. The first-order chi connectivity index (χ1) is 5.74. The number of rotatable bonds is 4. The second-order valence-electron chi connectivity index (χ2n) is 2.62. The molecule has 0 aliphatic heterocycles. The number of H-pyrrole nitrogens is 1. The van der Waals surface area contributed by atoms with Gasteiger partial charge in [-0.1, -0.05) is 13.3 Å². The van der Waals surface area contributed by atoms with Gasteiger partial charge >= 0.3 is 0 Å². The number of hydrogen-bond donors (Lipinski definition) is 1. The Balaban J connectivity index is 2.58. The molecule has 4 heteroatoms. The van der Waals surface area contributed by atoms with Gasteiger partial charge in [-0.2, -0.15) is 0 Å². The molecule has 0 spiro atoms. The third-order valence-corrected chi connectivity index (χ3v) is 1.81. The molecule has 1 rings (SSSR count). The third kappa shape index (κ3) is 2.34. The highest BCUT2D eigenvalue weighted by atomic mass is 35.5. The molecule has 1 heterocycles. The van der Waals surface area contributed by atoms with Crippen molar-refractivity contribution in [2.75, 3.05) is 0 Å². The second-order valence-corrected chi connectivity index (χ2v) is 2.96. The number of aromatic amines is 1. The van der Waals surface area contributed by atoms with E-state index in [1.54, 1.807) is 0 Å². The zero-order chi connectivity index (χ0) is 8.97. The molecule has 3 nitrogen and oxygen atoms in total. The Morgan fingerprint density at radius 3 is 3.00 bits per heavy atom. The maximum Gasteiger partial charge on any atom is 0.270 e. The number of halogens is 1. The monoisotopic (exact) mass is 186 g/mol. The Kier molecular flexibility index (Phi) is 3.29. The van der Waals surface area contributed by atoms with Crippen molar-refractivity contribution in [1.29, 1.82) is 0 Å². The van der Waals surface area contributed by atoms with Crippen LogP contribution in [0, 0.1) is 0 Å². The van der Waals surface area contributed by atoms with Gasteiger partial charge in [-0.15, -0.1) is 0 Å². The van der Waals surface area contributed by atoms with E-state index in [0.29, 0.717) is 5.69 Å². The summed E-state index contributed by atoms with van der Waals surface area (Å²) >= 11 is 5.24. The van der Waals surface area contributed by atoms with Crippen LogP contribution in [0.25, 0.3) is 0 Å². The standard InChI is InChI=1S/C8H11ClN2O/c1-2-3-4-7-10-5-6(11-7)8(9)12/h5H,2-4H2,1H3,(H,10,11). The normalized spacial score (nSPS) is 10.2. The zero-order valence-corrected chi connectivity index (χ0v) is 7.69. The molecule has 0 atom stereocenters. The van der Waals surface area contributed by atoms with Gasteiger partial charge in [-0.05, 0) is 18.0 Å². The average Bonchev–Trinajstić information content (AvgIpc) is 2.48. The Labute approximate surface area is 76.1 Å². The molecule has 0 aliphatic rings. The Morgan fingerprint density at radius 1 is 1.75 bits per heavy atom. The SMILES string of the molecule is CCCCc1ncc(C(=O)Cl)[nH]1. The molecule has 1 aromatic rings. The molecule has 0 aliphatic carbocycles. The van der Waals surface area contributed by atoms with E-state index in [4.69, 9.17) is 11.6 Å². The summed E-state index contributed by atoms with van der Waals surface area (Å²) in [6.45, 7) is 2.11. The number of hydrogen-bond acceptors (Lipinski definition) is 2. The minimum absolute atomic E-state index is 0.378. The van der Waals surface area contributed by atoms with Crippen LogP contribution < -0.4 is 0 Å². The minimum Gasteiger partial charge on any atom is -0.339 e. The summed E-state index contributed by atoms with van der Waals surface area (Å²) in [5.74, 6) is 0.834. The molecule has 0 aromatic carbocycles. The van der Waals surface area contributed by atoms with Crippen LogP contribution in [0.2, 0.25) is 0 Å². The van der Waals surface area contributed by atoms with Crippen LogP contribution in [0.1, 0.15) is 36.1 Å². The van der Waals surface area contributed by atoms with Crippen molar-refractivity contribution in [2.24, 2.45) is 0 Å². The number of unbranched alkanes of at least 4 members (excludes halogenated alkanes) is 1. The van der Waals surface area contributed by atoms with Crippen LogP contribution in [-0.2, 0) is 6.42 Å². The first kappa shape index (κ1) is 9.26. The van der Waals surface area contributed by atoms with E-state index < -0.39 is 5.24 Å². The highest BCUT2D eigenvalue weighted by molar-refractivity contribution is 6.67. The lowest BCUT2D eigenvalue weighted by Crippen LogP contribution is -1.90. The smallest absolute Gasteiger partial charge is 0.270 e. The number of aromatic nitrogens is 2. The van der Waals surface area contributed by atoms with Crippen LogP contribution in [0.5, 0.6) is 0 Å². The number of aryl methyl sites for hydroxylation is 1. The lowest BCUT2D eigenvalue weighted by Gasteiger charge is -1.91. The fourth-order valence-corrected chi connectivity index (χ4v) is 1.03. The van der Waals surface area contributed by atoms with Crippen molar-refractivity contribution in [3.63, 3.8) is 0 Å². The molecule has 0 saturated heterocycles. The summed E-state index contributed by atoms with van der Waals surface area (Å²) in [4.78, 5) is 17.5. The molecule has 0 saturated carbocycles. The number of nitrogens with zero attached hydrogens (tertiary/aromatic N) is 1. The first-order valence-corrected chi connectivity index (χ1v) is 4.35. The van der Waals surface area contributed by atoms with Gasteiger partial charge in [0.15, 0.2) is 0 Å². The molecule has 1 aromatic heterocycles. The maximum atomic E-state index is 10.6. The first-order valence-electron chi connectivity index (χ1n) is 3.97. The minimum atomic E-state index is -0.481. The van der Waals surface area contributed by atoms with Gasteiger partial charge in [0.2, 0.25) is 0 Å². The van der Waals surface area contributed by atoms with Crippen molar-refractivity contribution in [3.8, 4) is 0 Å². The van der Waals surface area contributed by atoms with Crippen molar-refractivity contribution in [3.05, 3.63) is 17.7 Å². The average molecular weight is 187 g/mol. The van der Waals surface area contributed by atoms with E-state index in [1.165, 1.54) is 6.20 Å². The fourth-order valence-electron chi connectivity index (χ4n) is 0.934. The van der Waals surface area contributed by atoms with Crippen LogP contribution in [0.3, 0.4) is 0 Å². The van der Waals surface area contributed by atoms with Gasteiger partial charge in [0.05, 0.1) is 6.20 Å². The predicted molar refractivity (Wildman–Crippen MR) is 47.4 cm³/mol. The number of imidazole rings is 1. The van der Waals surface area contributed by atoms with Crippen LogP contribution in [0.15, 0.2) is 6.20 Å². The molecular formula is C8H11ClN2O. The molecule has 1 N–H and O–H groups in total. The van der Waals surface area contributed by atoms with E-state index in [1.807, 2.05) is 0 Å². The summed E-state index contributed by atoms with van der Waals surface area (Å²) in [6, 6.07) is 0. The quantitative estimate of drug-likeness (QED) is 0.733. The highest BCUT2D eigenvalue weighted by Crippen LogP contribution is 2.03. The zero-order valence-electron chi connectivity index (χ0n) is 6.93. The van der Waals surface area contributed by atoms with Crippen molar-refractivity contribution in [2.45, 2.75) is 26.2 Å². The summed E-state index contributed by atoms with van der Waals surface area (Å²) < 4.78 is 0. The van der Waals surface area contributed by atoms with Gasteiger partial charge in [-0.3, -0.25) is 4.79 Å². The lowest BCUT2D eigenvalue weighted by molar-refractivity contribution is 0.107. The number of carbonyl (C=O) groups excluding carboxylic acids is 1. The molecular weight excluding hydrogens is 176 g/mol. The van der Waals surface area contributed by atoms with E-state index in [-0.39, 0.29) is 0 Å². The van der Waals surface area contributed by atoms with Crippen molar-refractivity contribution < 1.29 is 4.79 Å². The largest absolute Gasteiger partial charge is 0.339 e. The second kappa shape index (κ2) is 4.26. The van der Waals surface area contributed by atoms with Gasteiger partial charge in [0.25, 0.3) is 5.24 Å². The van der Waals surface area contributed by atoms with E-state index >= 15 is 0 Å². The number of carbonyl (C=O) groups is 1. The Bertz CT molecular complexity index is 270. The van der Waals surface area contributed by atoms with Crippen molar-refractivity contribution >= 4 is 16.8 Å². The molecule has 0 unspecified atom stereocenters. The maximum absolute atomic E-state index is 10.6. The fraction of sp³-hybridized carbons (Fsp3) is 0.500. The van der Waals surface area contributed by atoms with Gasteiger partial charge in [0, 0.05) is 6.42 Å². The molecule has 0 amide bonds. The summed E-state index contributed by atoms with van der Waals surface area (Å²) in [5, 5.41) is -0.481. The van der Waals surface area contributed by atoms with Crippen LogP contribution in [-0.4, -0.2) is 15.2 Å². The van der Waals surface area contributed by atoms with E-state index in [2.05, 4.69) is 16.9 Å². The summed E-state index contributed by atoms with van der Waals surface area (Å²) in [6.07, 6.45) is 4.54. The Hall–Kier alpha value is -0.830. The molecule has 0 fully saturated rings. The topological polar surface area (TPSA) is 45.8 Å². The van der Waals surface area contributed by atoms with Gasteiger partial charge < -0.3 is 4.98 Å². The van der Waals surface area contributed by atoms with E-state index in [9.17, 15) is 4.79 Å². The van der Waals surface area contributed by atoms with Gasteiger partial charge in [-0.25, -0.2) is 4.98 Å². The predicted octanol–water partition coefficient (Wildman–Crippen LogP) is 2.13. The number of nitrogens with one attached hydrogen (secondary N) is 1. The summed E-state index contributed by atoms with van der Waals surface area (Å²) in [5.41, 5.74) is 0.378. The molecule has 12 heavy (non-hydrogen) atoms. The third-order valence-electron chi connectivity index (χ3n) is 1.61. The van der Waals surface area contributed by atoms with Crippen LogP contribution >= 0.6 is 11.6 Å². The van der Waals surface area contributed by atoms with Crippen LogP contribution in [0.4, 0.5) is 0 Å². The molecule has 0 radical (unpaired) electrons. The van der Waals surface area contributed by atoms with E-state index in [0.717, 1.165) is 25.1 Å². The molecule has 66 valence electrons. The highest BCUT2D eigenvalue weighted by Gasteiger charge is 2.05. The Morgan fingerprint density at radius 2 is 2.50 bits per heavy atom. The summed E-state index contributed by atoms with van der Waals surface area (Å²) in [7, 11) is 0.